The summed E-state index contributed by atoms with van der Waals surface area (Å²) in [6.45, 7) is 1.88. The van der Waals surface area contributed by atoms with Crippen molar-refractivity contribution in [2.24, 2.45) is 0 Å². The number of aromatic nitrogens is 2. The highest BCUT2D eigenvalue weighted by Gasteiger charge is 2.16. The van der Waals surface area contributed by atoms with Crippen LogP contribution in [0.5, 0.6) is 0 Å². The second-order valence-corrected chi connectivity index (χ2v) is 7.67. The Kier molecular flexibility index (Phi) is 3.52. The van der Waals surface area contributed by atoms with E-state index in [1.165, 1.54) is 11.3 Å². The summed E-state index contributed by atoms with van der Waals surface area (Å²) in [6.07, 6.45) is 3.52. The van der Waals surface area contributed by atoms with Gasteiger partial charge in [-0.05, 0) is 49.4 Å². The van der Waals surface area contributed by atoms with Crippen molar-refractivity contribution in [3.63, 3.8) is 0 Å². The summed E-state index contributed by atoms with van der Waals surface area (Å²) in [5.74, 6) is 0. The van der Waals surface area contributed by atoms with Crippen LogP contribution in [0.2, 0.25) is 0 Å². The summed E-state index contributed by atoms with van der Waals surface area (Å²) in [7, 11) is -3.51. The molecule has 0 bridgehead atoms. The number of nitrogens with one attached hydrogen (secondary N) is 1. The van der Waals surface area contributed by atoms with Gasteiger partial charge in [0.1, 0.15) is 4.21 Å². The maximum absolute atomic E-state index is 12.2. The number of rotatable bonds is 4. The van der Waals surface area contributed by atoms with Crippen LogP contribution in [0.15, 0.2) is 59.1 Å². The van der Waals surface area contributed by atoms with Crippen molar-refractivity contribution in [1.29, 1.82) is 0 Å². The topological polar surface area (TPSA) is 64.0 Å². The first-order valence-electron chi connectivity index (χ1n) is 6.24. The highest BCUT2D eigenvalue weighted by Crippen LogP contribution is 2.23. The first kappa shape index (κ1) is 13.8. The first-order valence-corrected chi connectivity index (χ1v) is 8.54. The molecule has 108 valence electrons. The second kappa shape index (κ2) is 5.34. The molecule has 0 amide bonds. The molecule has 1 aromatic carbocycles. The number of anilines is 1. The molecule has 0 unspecified atom stereocenters. The lowest BCUT2D eigenvalue weighted by Gasteiger charge is -2.07. The molecule has 0 radical (unpaired) electrons. The Morgan fingerprint density at radius 1 is 1.14 bits per heavy atom. The average molecular weight is 319 g/mol. The van der Waals surface area contributed by atoms with Gasteiger partial charge >= 0.3 is 0 Å². The third-order valence-corrected chi connectivity index (χ3v) is 5.74. The minimum atomic E-state index is -3.51. The summed E-state index contributed by atoms with van der Waals surface area (Å²) >= 11 is 1.25. The lowest BCUT2D eigenvalue weighted by atomic mass is 10.3. The number of aryl methyl sites for hydroxylation is 1. The molecule has 0 atom stereocenters. The van der Waals surface area contributed by atoms with Gasteiger partial charge in [-0.25, -0.2) is 13.1 Å². The van der Waals surface area contributed by atoms with Crippen LogP contribution in [0.3, 0.4) is 0 Å². The minimum Gasteiger partial charge on any atom is -0.279 e. The number of nitrogens with zero attached hydrogens (tertiary/aromatic N) is 2. The van der Waals surface area contributed by atoms with Crippen LogP contribution in [0.1, 0.15) is 4.88 Å². The van der Waals surface area contributed by atoms with Crippen molar-refractivity contribution in [3.8, 4) is 5.69 Å². The highest BCUT2D eigenvalue weighted by molar-refractivity contribution is 7.94. The molecule has 7 heteroatoms. The predicted octanol–water partition coefficient (Wildman–Crippen LogP) is 3.04. The summed E-state index contributed by atoms with van der Waals surface area (Å²) in [5, 5.41) is 4.12. The highest BCUT2D eigenvalue weighted by atomic mass is 32.2. The fraction of sp³-hybridized carbons (Fsp3) is 0.0714. The molecular formula is C14H13N3O2S2. The Morgan fingerprint density at radius 3 is 2.48 bits per heavy atom. The molecule has 2 heterocycles. The molecule has 3 aromatic rings. The van der Waals surface area contributed by atoms with Crippen molar-refractivity contribution < 1.29 is 8.42 Å². The van der Waals surface area contributed by atoms with Gasteiger partial charge in [-0.15, -0.1) is 11.3 Å². The maximum atomic E-state index is 12.2. The fourth-order valence-electron chi connectivity index (χ4n) is 1.87. The van der Waals surface area contributed by atoms with Gasteiger partial charge in [0.15, 0.2) is 0 Å². The lowest BCUT2D eigenvalue weighted by molar-refractivity contribution is 0.603. The van der Waals surface area contributed by atoms with Gasteiger partial charge in [-0.1, -0.05) is 0 Å². The molecule has 2 aromatic heterocycles. The Bertz CT molecular complexity index is 835. The van der Waals surface area contributed by atoms with Crippen molar-refractivity contribution in [2.75, 3.05) is 4.72 Å². The molecule has 0 aliphatic rings. The normalized spacial score (nSPS) is 11.5. The molecule has 0 spiro atoms. The van der Waals surface area contributed by atoms with Crippen molar-refractivity contribution >= 4 is 27.0 Å². The van der Waals surface area contributed by atoms with Crippen LogP contribution >= 0.6 is 11.3 Å². The smallest absolute Gasteiger partial charge is 0.271 e. The van der Waals surface area contributed by atoms with Crippen molar-refractivity contribution in [1.82, 2.24) is 9.78 Å². The lowest BCUT2D eigenvalue weighted by Crippen LogP contribution is -2.11. The van der Waals surface area contributed by atoms with E-state index in [1.54, 1.807) is 35.1 Å². The fourth-order valence-corrected chi connectivity index (χ4v) is 4.21. The number of benzene rings is 1. The Labute approximate surface area is 126 Å². The SMILES string of the molecule is Cc1ccc(S(=O)(=O)Nc2ccc(-n3cccn3)cc2)s1. The molecular weight excluding hydrogens is 306 g/mol. The largest absolute Gasteiger partial charge is 0.279 e. The molecule has 5 nitrogen and oxygen atoms in total. The number of hydrogen-bond donors (Lipinski definition) is 1. The van der Waals surface area contributed by atoms with Gasteiger partial charge in [0, 0.05) is 23.0 Å². The zero-order chi connectivity index (χ0) is 14.9. The zero-order valence-corrected chi connectivity index (χ0v) is 12.9. The van der Waals surface area contributed by atoms with Crippen LogP contribution in [-0.4, -0.2) is 18.2 Å². The summed E-state index contributed by atoms with van der Waals surface area (Å²) < 4.78 is 29.0. The van der Waals surface area contributed by atoms with Gasteiger partial charge in [-0.3, -0.25) is 4.72 Å². The van der Waals surface area contributed by atoms with E-state index in [-0.39, 0.29) is 0 Å². The monoisotopic (exact) mass is 319 g/mol. The van der Waals surface area contributed by atoms with Crippen molar-refractivity contribution in [3.05, 3.63) is 59.7 Å². The number of thiophene rings is 1. The third kappa shape index (κ3) is 2.98. The molecule has 0 aliphatic heterocycles. The number of hydrogen-bond acceptors (Lipinski definition) is 4. The minimum absolute atomic E-state index is 0.316. The van der Waals surface area contributed by atoms with Crippen LogP contribution in [-0.2, 0) is 10.0 Å². The van der Waals surface area contributed by atoms with Gasteiger partial charge in [0.25, 0.3) is 10.0 Å². The Morgan fingerprint density at radius 2 is 1.90 bits per heavy atom. The molecule has 3 rings (SSSR count). The van der Waals surface area contributed by atoms with E-state index >= 15 is 0 Å². The van der Waals surface area contributed by atoms with Crippen LogP contribution in [0.25, 0.3) is 5.69 Å². The number of sulfonamides is 1. The van der Waals surface area contributed by atoms with E-state index in [0.29, 0.717) is 9.90 Å². The maximum Gasteiger partial charge on any atom is 0.271 e. The summed E-state index contributed by atoms with van der Waals surface area (Å²) in [4.78, 5) is 0.962. The van der Waals surface area contributed by atoms with E-state index in [4.69, 9.17) is 0 Å². The van der Waals surface area contributed by atoms with Crippen LogP contribution < -0.4 is 4.72 Å². The zero-order valence-electron chi connectivity index (χ0n) is 11.2. The standard InChI is InChI=1S/C14H13N3O2S2/c1-11-3-8-14(20-11)21(18,19)16-12-4-6-13(7-5-12)17-10-2-9-15-17/h2-10,16H,1H3. The second-order valence-electron chi connectivity index (χ2n) is 4.47. The van der Waals surface area contributed by atoms with E-state index in [9.17, 15) is 8.42 Å². The first-order chi connectivity index (χ1) is 10.0. The van der Waals surface area contributed by atoms with Crippen molar-refractivity contribution in [2.45, 2.75) is 11.1 Å². The van der Waals surface area contributed by atoms with E-state index in [1.807, 2.05) is 31.3 Å². The van der Waals surface area contributed by atoms with E-state index in [2.05, 4.69) is 9.82 Å². The Hall–Kier alpha value is -2.12. The van der Waals surface area contributed by atoms with E-state index in [0.717, 1.165) is 10.6 Å². The predicted molar refractivity (Wildman–Crippen MR) is 83.4 cm³/mol. The molecule has 21 heavy (non-hydrogen) atoms. The van der Waals surface area contributed by atoms with Crippen LogP contribution in [0.4, 0.5) is 5.69 Å². The van der Waals surface area contributed by atoms with Gasteiger partial charge < -0.3 is 0 Å². The van der Waals surface area contributed by atoms with Gasteiger partial charge in [0.05, 0.1) is 5.69 Å². The average Bonchev–Trinajstić information content (AvgIpc) is 3.10. The molecule has 0 saturated heterocycles. The van der Waals surface area contributed by atoms with E-state index < -0.39 is 10.0 Å². The Balaban J connectivity index is 1.82. The van der Waals surface area contributed by atoms with Crippen LogP contribution in [0, 0.1) is 6.92 Å². The third-order valence-electron chi connectivity index (χ3n) is 2.87. The summed E-state index contributed by atoms with van der Waals surface area (Å²) in [6, 6.07) is 12.3. The van der Waals surface area contributed by atoms with Gasteiger partial charge in [0.2, 0.25) is 0 Å². The quantitative estimate of drug-likeness (QED) is 0.804. The molecule has 1 N–H and O–H groups in total. The molecule has 0 saturated carbocycles. The summed E-state index contributed by atoms with van der Waals surface area (Å²) in [5.41, 5.74) is 1.40. The molecule has 0 fully saturated rings. The van der Waals surface area contributed by atoms with Gasteiger partial charge in [-0.2, -0.15) is 5.10 Å². The molecule has 0 aliphatic carbocycles.